The van der Waals surface area contributed by atoms with Gasteiger partial charge in [-0.1, -0.05) is 73.9 Å². The third kappa shape index (κ3) is 19.6. The Labute approximate surface area is 417 Å². The van der Waals surface area contributed by atoms with E-state index < -0.39 is 20.2 Å². The molecule has 16 nitrogen and oxygen atoms in total. The second-order valence-electron chi connectivity index (χ2n) is 17.3. The lowest BCUT2D eigenvalue weighted by Crippen LogP contribution is -2.40. The second-order valence-corrected chi connectivity index (χ2v) is 22.2. The topological polar surface area (TPSA) is 216 Å². The molecule has 0 radical (unpaired) electrons. The number of hydrogen-bond acceptors (Lipinski definition) is 14. The van der Waals surface area contributed by atoms with Gasteiger partial charge in [-0.25, -0.2) is 30.8 Å². The molecule has 0 spiro atoms. The van der Waals surface area contributed by atoms with E-state index in [0.717, 1.165) is 128 Å². The summed E-state index contributed by atoms with van der Waals surface area (Å²) in [5.74, 6) is 3.90. The highest BCUT2D eigenvalue weighted by molar-refractivity contribution is 7.99. The fourth-order valence-electron chi connectivity index (χ4n) is 7.18. The molecule has 0 amide bonds. The predicted molar refractivity (Wildman–Crippen MR) is 272 cm³/mol. The van der Waals surface area contributed by atoms with Gasteiger partial charge in [0, 0.05) is 61.6 Å². The van der Waals surface area contributed by atoms with E-state index in [2.05, 4.69) is 59.8 Å². The van der Waals surface area contributed by atoms with Crippen LogP contribution in [0, 0.1) is 34.6 Å². The first kappa shape index (κ1) is 57.0. The van der Waals surface area contributed by atoms with Crippen LogP contribution in [-0.4, -0.2) is 69.6 Å². The number of fused-ring (bicyclic) bond motifs is 6. The van der Waals surface area contributed by atoms with Crippen molar-refractivity contribution in [2.24, 2.45) is 14.1 Å². The van der Waals surface area contributed by atoms with Crippen molar-refractivity contribution in [2.75, 3.05) is 35.2 Å². The number of aryl methyl sites for hydroxylation is 5. The zero-order valence-electron chi connectivity index (χ0n) is 41.2. The molecule has 0 atom stereocenters. The predicted octanol–water partition coefficient (Wildman–Crippen LogP) is 7.28. The highest BCUT2D eigenvalue weighted by Gasteiger charge is 2.18. The molecule has 378 valence electrons. The zero-order valence-corrected chi connectivity index (χ0v) is 44.4. The molecule has 6 bridgehead atoms. The van der Waals surface area contributed by atoms with Crippen molar-refractivity contribution in [1.29, 1.82) is 0 Å². The van der Waals surface area contributed by atoms with Gasteiger partial charge in [-0.2, -0.15) is 0 Å². The van der Waals surface area contributed by atoms with Crippen molar-refractivity contribution in [3.05, 3.63) is 116 Å². The summed E-state index contributed by atoms with van der Waals surface area (Å²) in [6.45, 7) is 12.8. The minimum atomic E-state index is -4.27. The van der Waals surface area contributed by atoms with E-state index in [1.807, 2.05) is 32.5 Å². The Bertz CT molecular complexity index is 2690. The average molecular weight is 1030 g/mol. The van der Waals surface area contributed by atoms with Crippen LogP contribution in [0.15, 0.2) is 96.4 Å². The number of thioether (sulfide) groups is 2. The van der Waals surface area contributed by atoms with Crippen LogP contribution in [0.2, 0.25) is 0 Å². The lowest BCUT2D eigenvalue weighted by atomic mass is 10.2. The summed E-state index contributed by atoms with van der Waals surface area (Å²) in [4.78, 5) is 35.4. The molecule has 0 fully saturated rings. The standard InChI is InChI=1S/C35H54N8O2S2.2C7H8O3S/c1-27-24-30-36-18-12-6-7-13-19-37-31-25-28(2)41(5)34(39-31)47-23-17-11-9-15-21-43-32(44)26-29(3)42(35(43)45)20-14-8-10-16-22-46-33(38-30)40(27)4;2*1-6-2-4-7(5-3-6)11(8,9)10/h24-26H,6-23H2,1-5H3;2*2-5H,1H3,(H,8,9,10). The van der Waals surface area contributed by atoms with E-state index in [1.165, 1.54) is 53.1 Å². The molecule has 0 saturated carbocycles. The Hall–Kier alpha value is -4.60. The molecule has 3 aromatic heterocycles. The van der Waals surface area contributed by atoms with E-state index in [1.54, 1.807) is 46.7 Å². The molecule has 69 heavy (non-hydrogen) atoms. The number of anilines is 2. The first-order valence-corrected chi connectivity index (χ1v) is 28.4. The van der Waals surface area contributed by atoms with Gasteiger partial charge in [-0.3, -0.25) is 13.9 Å². The van der Waals surface area contributed by atoms with Gasteiger partial charge in [0.15, 0.2) is 0 Å². The van der Waals surface area contributed by atoms with Gasteiger partial charge in [-0.15, -0.1) is 0 Å². The van der Waals surface area contributed by atoms with Crippen molar-refractivity contribution < 1.29 is 35.1 Å². The van der Waals surface area contributed by atoms with Crippen LogP contribution in [0.1, 0.15) is 105 Å². The van der Waals surface area contributed by atoms with Crippen LogP contribution in [-0.2, 0) is 47.4 Å². The summed E-state index contributed by atoms with van der Waals surface area (Å²) in [5, 5.41) is 9.16. The van der Waals surface area contributed by atoms with Crippen molar-refractivity contribution in [1.82, 2.24) is 19.1 Å². The Balaban J connectivity index is 0.000000382. The molecule has 4 heterocycles. The van der Waals surface area contributed by atoms with Gasteiger partial charge in [0.2, 0.25) is 11.6 Å². The fourth-order valence-corrected chi connectivity index (χ4v) is 10.2. The lowest BCUT2D eigenvalue weighted by Gasteiger charge is -2.13. The van der Waals surface area contributed by atoms with Gasteiger partial charge in [0.05, 0.1) is 23.9 Å². The molecule has 1 aliphatic rings. The van der Waals surface area contributed by atoms with Crippen LogP contribution in [0.25, 0.3) is 0 Å². The molecule has 6 rings (SSSR count). The summed E-state index contributed by atoms with van der Waals surface area (Å²) < 4.78 is 69.9. The monoisotopic (exact) mass is 1030 g/mol. The Morgan fingerprint density at radius 1 is 0.536 bits per heavy atom. The highest BCUT2D eigenvalue weighted by atomic mass is 32.2. The van der Waals surface area contributed by atoms with Gasteiger partial charge in [0.1, 0.15) is 31.6 Å². The van der Waals surface area contributed by atoms with Gasteiger partial charge in [-0.05, 0) is 131 Å². The van der Waals surface area contributed by atoms with Gasteiger partial charge >= 0.3 is 16.0 Å². The largest absolute Gasteiger partial charge is 0.744 e. The molecule has 5 aromatic rings. The normalized spacial score (nSPS) is 15.3. The summed E-state index contributed by atoms with van der Waals surface area (Å²) in [6.07, 6.45) is 12.7. The number of aromatic nitrogens is 6. The smallest absolute Gasteiger partial charge is 0.361 e. The number of hydrogen-bond donors (Lipinski definition) is 2. The average Bonchev–Trinajstić information content (AvgIpc) is 3.28. The van der Waals surface area contributed by atoms with Crippen molar-refractivity contribution >= 4 is 55.4 Å². The SMILES string of the molecule is Cc1cc(=O)n2c(=O)n1CCCCCCSc1nc(cc(C)[n+]1C)NCCCCCCNc1cc(C)[n+](C)c(n1)SCCCCCC2.Cc1ccc(S(=O)(=O)[O-])cc1.Cc1ccc(S(=O)(=O)[O-])cc1. The molecule has 0 unspecified atom stereocenters. The Kier molecular flexibility index (Phi) is 23.4. The maximum absolute atomic E-state index is 13.3. The number of nitrogens with one attached hydrogen (secondary N) is 2. The minimum Gasteiger partial charge on any atom is -0.744 e. The van der Waals surface area contributed by atoms with Crippen LogP contribution < -0.4 is 31.0 Å². The Morgan fingerprint density at radius 3 is 1.32 bits per heavy atom. The third-order valence-electron chi connectivity index (χ3n) is 11.6. The third-order valence-corrected chi connectivity index (χ3v) is 15.5. The second kappa shape index (κ2) is 28.3. The van der Waals surface area contributed by atoms with Crippen LogP contribution in [0.5, 0.6) is 0 Å². The fraction of sp³-hybridized carbons (Fsp3) is 0.510. The molecule has 20 heteroatoms. The van der Waals surface area contributed by atoms with Crippen LogP contribution in [0.4, 0.5) is 11.6 Å². The van der Waals surface area contributed by atoms with Gasteiger partial charge < -0.3 is 19.7 Å². The van der Waals surface area contributed by atoms with Crippen LogP contribution in [0.3, 0.4) is 0 Å². The van der Waals surface area contributed by atoms with E-state index in [4.69, 9.17) is 9.97 Å². The number of rotatable bonds is 2. The lowest BCUT2D eigenvalue weighted by molar-refractivity contribution is -0.718. The quantitative estimate of drug-likeness (QED) is 0.101. The summed E-state index contributed by atoms with van der Waals surface area (Å²) in [7, 11) is -4.38. The minimum absolute atomic E-state index is 0.165. The van der Waals surface area contributed by atoms with Crippen LogP contribution >= 0.6 is 23.5 Å². The first-order chi connectivity index (χ1) is 32.7. The Morgan fingerprint density at radius 2 is 0.913 bits per heavy atom. The highest BCUT2D eigenvalue weighted by Crippen LogP contribution is 2.20. The number of nitrogens with zero attached hydrogens (tertiary/aromatic N) is 6. The summed E-state index contributed by atoms with van der Waals surface area (Å²) >= 11 is 3.61. The maximum Gasteiger partial charge on any atom is 0.361 e. The molecular weight excluding hydrogens is 957 g/mol. The molecular formula is C49H70N8O8S4. The molecule has 0 saturated heterocycles. The van der Waals surface area contributed by atoms with E-state index in [0.29, 0.717) is 13.1 Å². The molecule has 2 N–H and O–H groups in total. The van der Waals surface area contributed by atoms with E-state index in [9.17, 15) is 35.5 Å². The van der Waals surface area contributed by atoms with E-state index >= 15 is 0 Å². The summed E-state index contributed by atoms with van der Waals surface area (Å²) in [6, 6.07) is 17.4. The maximum atomic E-state index is 13.3. The summed E-state index contributed by atoms with van der Waals surface area (Å²) in [5.41, 5.74) is 4.64. The zero-order chi connectivity index (χ0) is 50.6. The first-order valence-electron chi connectivity index (χ1n) is 23.6. The molecule has 0 aliphatic carbocycles. The van der Waals surface area contributed by atoms with Crippen molar-refractivity contribution in [3.8, 4) is 0 Å². The van der Waals surface area contributed by atoms with Crippen molar-refractivity contribution in [3.63, 3.8) is 0 Å². The van der Waals surface area contributed by atoms with E-state index in [-0.39, 0.29) is 21.0 Å². The molecule has 2 aromatic carbocycles. The number of benzene rings is 2. The van der Waals surface area contributed by atoms with Gasteiger partial charge in [0.25, 0.3) is 5.56 Å². The van der Waals surface area contributed by atoms with Crippen molar-refractivity contribution in [2.45, 2.75) is 145 Å². The molecule has 1 aliphatic heterocycles.